The summed E-state index contributed by atoms with van der Waals surface area (Å²) in [6.07, 6.45) is -4.66. The molecule has 0 radical (unpaired) electrons. The summed E-state index contributed by atoms with van der Waals surface area (Å²) in [4.78, 5) is 14.0. The molecule has 1 aromatic heterocycles. The molecule has 10 atom stereocenters. The molecular weight excluding hydrogens is 588 g/mol. The van der Waals surface area contributed by atoms with Crippen molar-refractivity contribution in [1.29, 1.82) is 0 Å². The Labute approximate surface area is 261 Å². The maximum absolute atomic E-state index is 14.0. The van der Waals surface area contributed by atoms with Crippen LogP contribution in [-0.4, -0.2) is 106 Å². The van der Waals surface area contributed by atoms with Crippen LogP contribution in [0.3, 0.4) is 0 Å². The normalized spacial score (nSPS) is 34.6. The molecule has 0 bridgehead atoms. The Bertz CT molecular complexity index is 1470. The fourth-order valence-corrected chi connectivity index (χ4v) is 6.73. The second-order valence-corrected chi connectivity index (χ2v) is 12.9. The maximum Gasteiger partial charge on any atom is 0.329 e. The van der Waals surface area contributed by atoms with Gasteiger partial charge in [0, 0.05) is 0 Å². The molecule has 45 heavy (non-hydrogen) atoms. The molecule has 4 aliphatic heterocycles. The van der Waals surface area contributed by atoms with Gasteiger partial charge in [-0.2, -0.15) is 0 Å². The van der Waals surface area contributed by atoms with Gasteiger partial charge < -0.3 is 48.1 Å². The van der Waals surface area contributed by atoms with Crippen molar-refractivity contribution in [3.8, 4) is 0 Å². The van der Waals surface area contributed by atoms with Crippen LogP contribution >= 0.6 is 0 Å². The summed E-state index contributed by atoms with van der Waals surface area (Å²) < 4.78 is 50.9. The molecule has 1 aromatic carbocycles. The van der Waals surface area contributed by atoms with Crippen molar-refractivity contribution >= 4 is 11.0 Å². The zero-order chi connectivity index (χ0) is 32.3. The quantitative estimate of drug-likeness (QED) is 0.331. The maximum atomic E-state index is 14.0. The molecular formula is C32H44N2O11. The molecule has 0 amide bonds. The molecule has 4 unspecified atom stereocenters. The number of rotatable bonds is 12. The van der Waals surface area contributed by atoms with Gasteiger partial charge in [-0.05, 0) is 52.3 Å². The lowest BCUT2D eigenvalue weighted by Crippen LogP contribution is -2.46. The molecule has 4 fully saturated rings. The van der Waals surface area contributed by atoms with Crippen LogP contribution in [0, 0.1) is 6.92 Å². The van der Waals surface area contributed by atoms with E-state index >= 15 is 0 Å². The molecule has 4 aliphatic rings. The summed E-state index contributed by atoms with van der Waals surface area (Å²) in [5.74, 6) is -1.73. The number of ether oxygens (including phenoxy) is 8. The van der Waals surface area contributed by atoms with Crippen LogP contribution in [0.1, 0.15) is 33.3 Å². The summed E-state index contributed by atoms with van der Waals surface area (Å²) in [5, 5.41) is 23.0. The highest BCUT2D eigenvalue weighted by molar-refractivity contribution is 5.77. The van der Waals surface area contributed by atoms with Gasteiger partial charge >= 0.3 is 5.69 Å². The van der Waals surface area contributed by atoms with Crippen LogP contribution in [0.25, 0.3) is 11.0 Å². The van der Waals surface area contributed by atoms with Gasteiger partial charge in [-0.25, -0.2) is 4.79 Å². The zero-order valence-electron chi connectivity index (χ0n) is 26.4. The van der Waals surface area contributed by atoms with Crippen molar-refractivity contribution in [2.45, 2.75) is 121 Å². The van der Waals surface area contributed by atoms with Crippen LogP contribution in [0.5, 0.6) is 0 Å². The van der Waals surface area contributed by atoms with Crippen LogP contribution in [0.4, 0.5) is 0 Å². The third kappa shape index (κ3) is 6.19. The Kier molecular flexibility index (Phi) is 8.89. The Morgan fingerprint density at radius 2 is 1.29 bits per heavy atom. The Morgan fingerprint density at radius 1 is 0.822 bits per heavy atom. The van der Waals surface area contributed by atoms with Crippen molar-refractivity contribution in [1.82, 2.24) is 9.13 Å². The molecule has 0 saturated carbocycles. The van der Waals surface area contributed by atoms with Crippen molar-refractivity contribution in [3.63, 3.8) is 0 Å². The fourth-order valence-electron chi connectivity index (χ4n) is 6.73. The van der Waals surface area contributed by atoms with E-state index in [0.717, 1.165) is 5.56 Å². The molecule has 13 nitrogen and oxygen atoms in total. The number of benzene rings is 1. The van der Waals surface area contributed by atoms with Crippen molar-refractivity contribution in [3.05, 3.63) is 59.6 Å². The van der Waals surface area contributed by atoms with Gasteiger partial charge in [-0.1, -0.05) is 18.2 Å². The van der Waals surface area contributed by atoms with E-state index in [1.165, 1.54) is 9.13 Å². The first-order chi connectivity index (χ1) is 21.3. The van der Waals surface area contributed by atoms with E-state index in [2.05, 4.69) is 13.2 Å². The Morgan fingerprint density at radius 3 is 1.76 bits per heavy atom. The topological polar surface area (TPSA) is 141 Å². The number of aryl methyl sites for hydroxylation is 1. The summed E-state index contributed by atoms with van der Waals surface area (Å²) >= 11 is 0. The van der Waals surface area contributed by atoms with Gasteiger partial charge in [0.2, 0.25) is 0 Å². The van der Waals surface area contributed by atoms with E-state index in [1.54, 1.807) is 39.8 Å². The Balaban J connectivity index is 1.25. The highest BCUT2D eigenvalue weighted by Gasteiger charge is 2.58. The number of aliphatic hydroxyl groups excluding tert-OH is 2. The summed E-state index contributed by atoms with van der Waals surface area (Å²) in [6.45, 7) is 16.7. The van der Waals surface area contributed by atoms with Gasteiger partial charge in [-0.3, -0.25) is 9.13 Å². The standard InChI is InChI=1S/C32H44N2O11/c1-8-12-38-24-22(40-28-26(24)42-31(4,5)44-28)20(35)15-33-18-11-10-17(3)14-19(18)34(30(33)37)16-21(36)23-25(39-13-9-2)27-29(41-23)45-32(6,7)43-27/h8-11,14,20-29,35-36H,1-2,12-13,15-16H2,3-7H3/t20?,21?,22-,23-,24+,25+,26?,27-,28?,29+/m1/s1. The smallest absolute Gasteiger partial charge is 0.329 e. The number of aliphatic hydroxyl groups is 2. The van der Waals surface area contributed by atoms with Crippen LogP contribution < -0.4 is 5.69 Å². The number of fused-ring (bicyclic) bond motifs is 3. The number of hydrogen-bond donors (Lipinski definition) is 2. The minimum Gasteiger partial charge on any atom is -0.388 e. The van der Waals surface area contributed by atoms with Gasteiger partial charge in [0.25, 0.3) is 0 Å². The van der Waals surface area contributed by atoms with E-state index in [0.29, 0.717) is 11.0 Å². The molecule has 248 valence electrons. The fraction of sp³-hybridized carbons (Fsp3) is 0.656. The van der Waals surface area contributed by atoms with E-state index in [-0.39, 0.29) is 26.3 Å². The van der Waals surface area contributed by atoms with E-state index < -0.39 is 78.7 Å². The molecule has 6 rings (SSSR count). The predicted octanol–water partition coefficient (Wildman–Crippen LogP) is 1.73. The molecule has 4 saturated heterocycles. The average molecular weight is 633 g/mol. The highest BCUT2D eigenvalue weighted by atomic mass is 16.9. The van der Waals surface area contributed by atoms with Crippen molar-refractivity contribution < 1.29 is 48.1 Å². The first-order valence-electron chi connectivity index (χ1n) is 15.4. The first-order valence-corrected chi connectivity index (χ1v) is 15.4. The van der Waals surface area contributed by atoms with E-state index in [1.807, 2.05) is 25.1 Å². The van der Waals surface area contributed by atoms with Crippen molar-refractivity contribution in [2.24, 2.45) is 0 Å². The molecule has 0 spiro atoms. The molecule has 0 aliphatic carbocycles. The van der Waals surface area contributed by atoms with Crippen LogP contribution in [0.15, 0.2) is 48.3 Å². The van der Waals surface area contributed by atoms with Crippen LogP contribution in [-0.2, 0) is 51.0 Å². The molecule has 13 heteroatoms. The first kappa shape index (κ1) is 32.5. The van der Waals surface area contributed by atoms with Gasteiger partial charge in [0.05, 0.1) is 37.3 Å². The molecule has 2 N–H and O–H groups in total. The van der Waals surface area contributed by atoms with Gasteiger partial charge in [-0.15, -0.1) is 13.2 Å². The lowest BCUT2D eigenvalue weighted by molar-refractivity contribution is -0.229. The van der Waals surface area contributed by atoms with Gasteiger partial charge in [0.15, 0.2) is 24.2 Å². The predicted molar refractivity (Wildman–Crippen MR) is 160 cm³/mol. The average Bonchev–Trinajstić information content (AvgIpc) is 3.70. The lowest BCUT2D eigenvalue weighted by Gasteiger charge is -2.28. The lowest BCUT2D eigenvalue weighted by atomic mass is 10.1. The Hall–Kier alpha value is -2.43. The van der Waals surface area contributed by atoms with E-state index in [9.17, 15) is 15.0 Å². The second-order valence-electron chi connectivity index (χ2n) is 12.9. The summed E-state index contributed by atoms with van der Waals surface area (Å²) in [6, 6.07) is 5.58. The third-order valence-electron chi connectivity index (χ3n) is 8.54. The zero-order valence-corrected chi connectivity index (χ0v) is 26.4. The summed E-state index contributed by atoms with van der Waals surface area (Å²) in [7, 11) is 0. The van der Waals surface area contributed by atoms with Crippen LogP contribution in [0.2, 0.25) is 0 Å². The third-order valence-corrected chi connectivity index (χ3v) is 8.54. The molecule has 2 aromatic rings. The summed E-state index contributed by atoms with van der Waals surface area (Å²) in [5.41, 5.74) is 1.69. The number of imidazole rings is 1. The highest BCUT2D eigenvalue weighted by Crippen LogP contribution is 2.41. The second kappa shape index (κ2) is 12.3. The number of hydrogen-bond acceptors (Lipinski definition) is 11. The molecule has 5 heterocycles. The minimum absolute atomic E-state index is 0.102. The largest absolute Gasteiger partial charge is 0.388 e. The van der Waals surface area contributed by atoms with Gasteiger partial charge in [0.1, 0.15) is 48.8 Å². The SMILES string of the molecule is C=CCO[C@@H]1[C@H]2OC(C)(C)O[C@@H]2O[C@@H]1C(O)Cn1c(=O)n(CC(O)[C@H]2OC3OC(C)(C)OC3[C@H]2OCC=C)c2ccc(C)cc21. The minimum atomic E-state index is -1.16. The van der Waals surface area contributed by atoms with Crippen molar-refractivity contribution in [2.75, 3.05) is 13.2 Å². The number of aromatic nitrogens is 2. The number of nitrogens with zero attached hydrogens (tertiary/aromatic N) is 2. The monoisotopic (exact) mass is 632 g/mol. The van der Waals surface area contributed by atoms with E-state index in [4.69, 9.17) is 37.9 Å².